The number of nitrogens with two attached hydrogens (primary N) is 1. The Bertz CT molecular complexity index is 238. The molecule has 0 rings (SSSR count). The molecule has 1 atom stereocenters. The fourth-order valence-corrected chi connectivity index (χ4v) is 0.811. The summed E-state index contributed by atoms with van der Waals surface area (Å²) in [5.41, 5.74) is 5.20. The highest BCUT2D eigenvalue weighted by Gasteiger charge is 2.14. The molecule has 0 heterocycles. The van der Waals surface area contributed by atoms with Gasteiger partial charge in [0, 0.05) is 12.0 Å². The first-order valence-electron chi connectivity index (χ1n) is 4.39. The van der Waals surface area contributed by atoms with Gasteiger partial charge < -0.3 is 15.8 Å². The third kappa shape index (κ3) is 5.18. The number of nitrogens with one attached hydrogen (secondary N) is 1. The molecule has 0 saturated carbocycles. The predicted molar refractivity (Wildman–Crippen MR) is 52.3 cm³/mol. The maximum absolute atomic E-state index is 11.1. The van der Waals surface area contributed by atoms with E-state index < -0.39 is 18.2 Å². The highest BCUT2D eigenvalue weighted by molar-refractivity contribution is 5.87. The average Bonchev–Trinajstić information content (AvgIpc) is 2.02. The number of carbonyl (C=O) groups excluding carboxylic acids is 2. The van der Waals surface area contributed by atoms with Gasteiger partial charge in [0.25, 0.3) is 0 Å². The van der Waals surface area contributed by atoms with Crippen LogP contribution in [0.15, 0.2) is 12.2 Å². The topological polar surface area (TPSA) is 81.4 Å². The van der Waals surface area contributed by atoms with Crippen molar-refractivity contribution < 1.29 is 14.3 Å². The smallest absolute Gasteiger partial charge is 0.335 e. The minimum Gasteiger partial charge on any atom is -0.438 e. The van der Waals surface area contributed by atoms with Crippen LogP contribution in [-0.2, 0) is 9.53 Å². The predicted octanol–water partition coefficient (Wildman–Crippen LogP) is 0.900. The first-order valence-corrected chi connectivity index (χ1v) is 4.39. The Balaban J connectivity index is 4.14. The fraction of sp³-hybridized carbons (Fsp3) is 0.556. The first kappa shape index (κ1) is 12.5. The highest BCUT2D eigenvalue weighted by Crippen LogP contribution is 2.02. The third-order valence-electron chi connectivity index (χ3n) is 1.45. The summed E-state index contributed by atoms with van der Waals surface area (Å²) >= 11 is 0. The van der Waals surface area contributed by atoms with E-state index in [1.807, 2.05) is 6.92 Å². The molecule has 0 aromatic rings. The molecule has 0 radical (unpaired) electrons. The second-order valence-electron chi connectivity index (χ2n) is 2.97. The van der Waals surface area contributed by atoms with E-state index in [-0.39, 0.29) is 5.57 Å². The summed E-state index contributed by atoms with van der Waals surface area (Å²) in [6.45, 7) is 6.87. The van der Waals surface area contributed by atoms with E-state index in [4.69, 9.17) is 10.5 Å². The molecule has 14 heavy (non-hydrogen) atoms. The summed E-state index contributed by atoms with van der Waals surface area (Å²) in [5, 5.41) is 2.32. The normalized spacial score (nSPS) is 11.6. The van der Waals surface area contributed by atoms with Crippen LogP contribution in [0.25, 0.3) is 0 Å². The summed E-state index contributed by atoms with van der Waals surface area (Å²) in [6.07, 6.45) is 0.637. The summed E-state index contributed by atoms with van der Waals surface area (Å²) in [5.74, 6) is -0.530. The Morgan fingerprint density at radius 1 is 1.57 bits per heavy atom. The Labute approximate surface area is 83.3 Å². The van der Waals surface area contributed by atoms with Crippen molar-refractivity contribution >= 4 is 12.0 Å². The van der Waals surface area contributed by atoms with E-state index >= 15 is 0 Å². The number of rotatable bonds is 5. The molecule has 1 unspecified atom stereocenters. The van der Waals surface area contributed by atoms with Crippen molar-refractivity contribution in [3.8, 4) is 0 Å². The van der Waals surface area contributed by atoms with Crippen LogP contribution >= 0.6 is 0 Å². The van der Waals surface area contributed by atoms with E-state index in [9.17, 15) is 9.59 Å². The number of hydrogen-bond donors (Lipinski definition) is 2. The van der Waals surface area contributed by atoms with Gasteiger partial charge in [-0.05, 0) is 6.92 Å². The number of amides is 2. The van der Waals surface area contributed by atoms with E-state index in [2.05, 4.69) is 11.9 Å². The van der Waals surface area contributed by atoms with Gasteiger partial charge in [-0.15, -0.1) is 0 Å². The summed E-state index contributed by atoms with van der Waals surface area (Å²) in [7, 11) is 0. The molecule has 0 saturated heterocycles. The van der Waals surface area contributed by atoms with Crippen LogP contribution < -0.4 is 11.1 Å². The van der Waals surface area contributed by atoms with Crippen molar-refractivity contribution in [2.24, 2.45) is 5.73 Å². The molecule has 3 N–H and O–H groups in total. The number of carbonyl (C=O) groups is 2. The maximum atomic E-state index is 11.1. The van der Waals surface area contributed by atoms with Crippen molar-refractivity contribution in [1.82, 2.24) is 5.32 Å². The zero-order chi connectivity index (χ0) is 11.1. The Hall–Kier alpha value is -1.52. The van der Waals surface area contributed by atoms with Crippen LogP contribution in [0, 0.1) is 0 Å². The van der Waals surface area contributed by atoms with Gasteiger partial charge in [-0.1, -0.05) is 19.9 Å². The van der Waals surface area contributed by atoms with Gasteiger partial charge in [0.15, 0.2) is 6.23 Å². The number of hydrogen-bond acceptors (Lipinski definition) is 3. The Morgan fingerprint density at radius 2 is 2.14 bits per heavy atom. The SMILES string of the molecule is C=C(C)C(=O)OC(CCC)NC(N)=O. The van der Waals surface area contributed by atoms with Gasteiger partial charge in [-0.3, -0.25) is 0 Å². The zero-order valence-electron chi connectivity index (χ0n) is 8.50. The lowest BCUT2D eigenvalue weighted by atomic mass is 10.3. The van der Waals surface area contributed by atoms with Gasteiger partial charge >= 0.3 is 12.0 Å². The van der Waals surface area contributed by atoms with Crippen molar-refractivity contribution in [2.75, 3.05) is 0 Å². The van der Waals surface area contributed by atoms with E-state index in [1.54, 1.807) is 0 Å². The van der Waals surface area contributed by atoms with Crippen molar-refractivity contribution in [3.05, 3.63) is 12.2 Å². The zero-order valence-corrected chi connectivity index (χ0v) is 8.50. The fourth-order valence-electron chi connectivity index (χ4n) is 0.811. The minimum atomic E-state index is -0.710. The molecule has 2 amide bonds. The molecular weight excluding hydrogens is 184 g/mol. The number of ether oxygens (including phenoxy) is 1. The van der Waals surface area contributed by atoms with Gasteiger partial charge in [0.1, 0.15) is 0 Å². The van der Waals surface area contributed by atoms with Crippen LogP contribution in [0.4, 0.5) is 4.79 Å². The van der Waals surface area contributed by atoms with Crippen LogP contribution in [0.1, 0.15) is 26.7 Å². The lowest BCUT2D eigenvalue weighted by Gasteiger charge is -2.17. The van der Waals surface area contributed by atoms with Crippen molar-refractivity contribution in [2.45, 2.75) is 32.9 Å². The van der Waals surface area contributed by atoms with Crippen molar-refractivity contribution in [3.63, 3.8) is 0 Å². The van der Waals surface area contributed by atoms with Gasteiger partial charge in [0.05, 0.1) is 0 Å². The standard InChI is InChI=1S/C9H16N2O3/c1-4-5-7(11-9(10)13)14-8(12)6(2)3/h7H,2,4-5H2,1,3H3,(H3,10,11,13). The molecule has 0 bridgehead atoms. The van der Waals surface area contributed by atoms with Gasteiger partial charge in [-0.2, -0.15) is 0 Å². The highest BCUT2D eigenvalue weighted by atomic mass is 16.6. The van der Waals surface area contributed by atoms with Crippen LogP contribution in [-0.4, -0.2) is 18.2 Å². The van der Waals surface area contributed by atoms with E-state index in [0.29, 0.717) is 6.42 Å². The molecule has 5 heteroatoms. The van der Waals surface area contributed by atoms with E-state index in [0.717, 1.165) is 6.42 Å². The molecule has 0 fully saturated rings. The number of urea groups is 1. The monoisotopic (exact) mass is 200 g/mol. The molecule has 0 aromatic heterocycles. The molecule has 0 aliphatic carbocycles. The summed E-state index contributed by atoms with van der Waals surface area (Å²) < 4.78 is 4.91. The molecular formula is C9H16N2O3. The second kappa shape index (κ2) is 6.01. The molecule has 5 nitrogen and oxygen atoms in total. The summed E-state index contributed by atoms with van der Waals surface area (Å²) in [4.78, 5) is 21.6. The maximum Gasteiger partial charge on any atom is 0.335 e. The lowest BCUT2D eigenvalue weighted by molar-refractivity contribution is -0.145. The minimum absolute atomic E-state index is 0.289. The lowest BCUT2D eigenvalue weighted by Crippen LogP contribution is -2.41. The van der Waals surface area contributed by atoms with Crippen LogP contribution in [0.3, 0.4) is 0 Å². The quantitative estimate of drug-likeness (QED) is 0.393. The number of esters is 1. The summed E-state index contributed by atoms with van der Waals surface area (Å²) in [6, 6.07) is -0.710. The largest absolute Gasteiger partial charge is 0.438 e. The average molecular weight is 200 g/mol. The van der Waals surface area contributed by atoms with Crippen LogP contribution in [0.2, 0.25) is 0 Å². The van der Waals surface area contributed by atoms with Gasteiger partial charge in [0.2, 0.25) is 0 Å². The molecule has 0 aliphatic rings. The van der Waals surface area contributed by atoms with Crippen LogP contribution in [0.5, 0.6) is 0 Å². The van der Waals surface area contributed by atoms with Crippen molar-refractivity contribution in [1.29, 1.82) is 0 Å². The van der Waals surface area contributed by atoms with Gasteiger partial charge in [-0.25, -0.2) is 9.59 Å². The third-order valence-corrected chi connectivity index (χ3v) is 1.45. The number of primary amides is 1. The molecule has 0 aromatic carbocycles. The first-order chi connectivity index (χ1) is 6.47. The Kier molecular flexibility index (Phi) is 5.36. The molecule has 0 spiro atoms. The second-order valence-corrected chi connectivity index (χ2v) is 2.97. The Morgan fingerprint density at radius 3 is 2.50 bits per heavy atom. The van der Waals surface area contributed by atoms with E-state index in [1.165, 1.54) is 6.92 Å². The molecule has 0 aliphatic heterocycles. The molecule has 80 valence electrons.